The highest BCUT2D eigenvalue weighted by Gasteiger charge is 2.14. The number of esters is 1. The van der Waals surface area contributed by atoms with Crippen LogP contribution in [-0.2, 0) is 14.3 Å². The summed E-state index contributed by atoms with van der Waals surface area (Å²) in [4.78, 5) is 23.8. The number of nitrogens with one attached hydrogen (secondary N) is 1. The molecule has 1 atom stereocenters. The summed E-state index contributed by atoms with van der Waals surface area (Å²) in [5.74, 6) is -0.537. The maximum absolute atomic E-state index is 11.8. The molecule has 0 spiro atoms. The third-order valence-corrected chi connectivity index (χ3v) is 3.35. The molecule has 1 unspecified atom stereocenters. The van der Waals surface area contributed by atoms with Crippen molar-refractivity contribution in [3.05, 3.63) is 36.9 Å². The summed E-state index contributed by atoms with van der Waals surface area (Å²) in [7, 11) is 0. The number of anilines is 1. The van der Waals surface area contributed by atoms with Crippen molar-refractivity contribution in [1.29, 1.82) is 0 Å². The molecule has 0 aromatic heterocycles. The first-order valence-electron chi connectivity index (χ1n) is 6.50. The molecule has 1 amide bonds. The number of rotatable bonds is 7. The predicted octanol–water partition coefficient (Wildman–Crippen LogP) is 3.46. The normalized spacial score (nSPS) is 11.3. The topological polar surface area (TPSA) is 64.6 Å². The first-order chi connectivity index (χ1) is 10.1. The molecular formula is C15H19NO4S. The average molecular weight is 309 g/mol. The highest BCUT2D eigenvalue weighted by molar-refractivity contribution is 7.98. The number of hydrogen-bond acceptors (Lipinski definition) is 5. The second-order valence-electron chi connectivity index (χ2n) is 4.13. The van der Waals surface area contributed by atoms with E-state index >= 15 is 0 Å². The number of amides is 1. The molecule has 6 heteroatoms. The number of carbonyl (C=O) groups is 2. The fourth-order valence-electron chi connectivity index (χ4n) is 1.47. The van der Waals surface area contributed by atoms with Crippen molar-refractivity contribution < 1.29 is 19.1 Å². The molecule has 0 radical (unpaired) electrons. The van der Waals surface area contributed by atoms with Crippen molar-refractivity contribution in [3.8, 4) is 0 Å². The lowest BCUT2D eigenvalue weighted by Gasteiger charge is -2.16. The van der Waals surface area contributed by atoms with Gasteiger partial charge in [0.2, 0.25) is 0 Å². The van der Waals surface area contributed by atoms with Gasteiger partial charge in [-0.2, -0.15) is 0 Å². The quantitative estimate of drug-likeness (QED) is 0.475. The maximum Gasteiger partial charge on any atom is 0.412 e. The largest absolute Gasteiger partial charge is 0.459 e. The first-order valence-corrected chi connectivity index (χ1v) is 7.72. The summed E-state index contributed by atoms with van der Waals surface area (Å²) in [6.45, 7) is 5.16. The van der Waals surface area contributed by atoms with E-state index in [1.165, 1.54) is 0 Å². The van der Waals surface area contributed by atoms with E-state index in [9.17, 15) is 9.59 Å². The highest BCUT2D eigenvalue weighted by Crippen LogP contribution is 2.19. The number of hydrogen-bond donors (Lipinski definition) is 1. The van der Waals surface area contributed by atoms with Gasteiger partial charge in [0.05, 0.1) is 0 Å². The summed E-state index contributed by atoms with van der Waals surface area (Å²) < 4.78 is 10.1. The van der Waals surface area contributed by atoms with Gasteiger partial charge in [0.15, 0.2) is 0 Å². The fourth-order valence-corrected chi connectivity index (χ4v) is 1.93. The Labute approximate surface area is 128 Å². The molecule has 5 nitrogen and oxygen atoms in total. The Bertz CT molecular complexity index is 504. The van der Waals surface area contributed by atoms with E-state index < -0.39 is 18.2 Å². The van der Waals surface area contributed by atoms with Crippen molar-refractivity contribution in [2.45, 2.75) is 24.3 Å². The van der Waals surface area contributed by atoms with Crippen molar-refractivity contribution in [3.63, 3.8) is 0 Å². The van der Waals surface area contributed by atoms with Crippen LogP contribution < -0.4 is 5.32 Å². The number of thioether (sulfide) groups is 1. The summed E-state index contributed by atoms with van der Waals surface area (Å²) in [5.41, 5.74) is 0.657. The molecule has 0 aliphatic heterocycles. The van der Waals surface area contributed by atoms with E-state index in [2.05, 4.69) is 11.9 Å². The van der Waals surface area contributed by atoms with Gasteiger partial charge >= 0.3 is 12.1 Å². The molecule has 0 saturated carbocycles. The van der Waals surface area contributed by atoms with Crippen LogP contribution in [0.15, 0.2) is 41.8 Å². The van der Waals surface area contributed by atoms with E-state index in [4.69, 9.17) is 9.47 Å². The molecule has 1 rings (SSSR count). The van der Waals surface area contributed by atoms with Crippen LogP contribution in [0.4, 0.5) is 10.5 Å². The lowest BCUT2D eigenvalue weighted by molar-refractivity contribution is -0.140. The van der Waals surface area contributed by atoms with Gasteiger partial charge in [-0.25, -0.2) is 9.59 Å². The predicted molar refractivity (Wildman–Crippen MR) is 83.6 cm³/mol. The monoisotopic (exact) mass is 309 g/mol. The summed E-state index contributed by atoms with van der Waals surface area (Å²) >= 11 is 1.58. The molecular weight excluding hydrogens is 290 g/mol. The Balaban J connectivity index is 2.50. The zero-order chi connectivity index (χ0) is 15.7. The third-order valence-electron chi connectivity index (χ3n) is 2.62. The zero-order valence-electron chi connectivity index (χ0n) is 12.1. The third kappa shape index (κ3) is 6.35. The Hall–Kier alpha value is -1.95. The Morgan fingerprint density at radius 1 is 1.48 bits per heavy atom. The minimum absolute atomic E-state index is 0.0135. The smallest absolute Gasteiger partial charge is 0.412 e. The van der Waals surface area contributed by atoms with Crippen molar-refractivity contribution in [1.82, 2.24) is 0 Å². The van der Waals surface area contributed by atoms with E-state index in [-0.39, 0.29) is 6.61 Å². The van der Waals surface area contributed by atoms with Gasteiger partial charge < -0.3 is 9.47 Å². The summed E-state index contributed by atoms with van der Waals surface area (Å²) in [6, 6.07) is 7.43. The van der Waals surface area contributed by atoms with Crippen LogP contribution in [0.3, 0.4) is 0 Å². The van der Waals surface area contributed by atoms with Crippen LogP contribution in [0.1, 0.15) is 13.3 Å². The molecule has 0 bridgehead atoms. The zero-order valence-corrected chi connectivity index (χ0v) is 12.9. The Kier molecular flexibility index (Phi) is 7.39. The SMILES string of the molecule is C=CC(=O)OCC(CC)OC(=O)Nc1cccc(SC)c1. The molecule has 0 saturated heterocycles. The standard InChI is InChI=1S/C15H19NO4S/c1-4-12(10-19-14(17)5-2)20-15(18)16-11-7-6-8-13(9-11)21-3/h5-9,12H,2,4,10H2,1,3H3,(H,16,18). The average Bonchev–Trinajstić information content (AvgIpc) is 2.51. The minimum atomic E-state index is -0.574. The van der Waals surface area contributed by atoms with E-state index in [0.717, 1.165) is 11.0 Å². The van der Waals surface area contributed by atoms with Gasteiger partial charge in [-0.3, -0.25) is 5.32 Å². The molecule has 1 aromatic rings. The molecule has 114 valence electrons. The lowest BCUT2D eigenvalue weighted by atomic mass is 10.3. The van der Waals surface area contributed by atoms with Gasteiger partial charge in [-0.1, -0.05) is 19.6 Å². The van der Waals surface area contributed by atoms with Crippen molar-refractivity contribution in [2.75, 3.05) is 18.2 Å². The van der Waals surface area contributed by atoms with Gasteiger partial charge in [-0.05, 0) is 30.9 Å². The summed E-state index contributed by atoms with van der Waals surface area (Å²) in [6.07, 6.45) is 2.51. The second-order valence-corrected chi connectivity index (χ2v) is 5.01. The van der Waals surface area contributed by atoms with E-state index in [0.29, 0.717) is 12.1 Å². The summed E-state index contributed by atoms with van der Waals surface area (Å²) in [5, 5.41) is 2.65. The molecule has 0 aliphatic carbocycles. The van der Waals surface area contributed by atoms with Crippen LogP contribution in [0.2, 0.25) is 0 Å². The molecule has 0 aliphatic rings. The molecule has 0 fully saturated rings. The van der Waals surface area contributed by atoms with Crippen molar-refractivity contribution in [2.24, 2.45) is 0 Å². The first kappa shape index (κ1) is 17.1. The van der Waals surface area contributed by atoms with Crippen LogP contribution >= 0.6 is 11.8 Å². The lowest BCUT2D eigenvalue weighted by Crippen LogP contribution is -2.26. The van der Waals surface area contributed by atoms with Gasteiger partial charge in [-0.15, -0.1) is 11.8 Å². The molecule has 1 aromatic carbocycles. The highest BCUT2D eigenvalue weighted by atomic mass is 32.2. The Morgan fingerprint density at radius 3 is 2.86 bits per heavy atom. The van der Waals surface area contributed by atoms with E-state index in [1.54, 1.807) is 17.8 Å². The molecule has 0 heterocycles. The van der Waals surface area contributed by atoms with Crippen LogP contribution in [-0.4, -0.2) is 31.0 Å². The number of ether oxygens (including phenoxy) is 2. The minimum Gasteiger partial charge on any atom is -0.459 e. The second kappa shape index (κ2) is 9.07. The molecule has 21 heavy (non-hydrogen) atoms. The van der Waals surface area contributed by atoms with Crippen LogP contribution in [0, 0.1) is 0 Å². The number of carbonyl (C=O) groups excluding carboxylic acids is 2. The fraction of sp³-hybridized carbons (Fsp3) is 0.333. The van der Waals surface area contributed by atoms with Gasteiger partial charge in [0.25, 0.3) is 0 Å². The van der Waals surface area contributed by atoms with Crippen LogP contribution in [0.25, 0.3) is 0 Å². The maximum atomic E-state index is 11.8. The van der Waals surface area contributed by atoms with E-state index in [1.807, 2.05) is 31.4 Å². The van der Waals surface area contributed by atoms with Crippen LogP contribution in [0.5, 0.6) is 0 Å². The Morgan fingerprint density at radius 2 is 2.24 bits per heavy atom. The molecule has 1 N–H and O–H groups in total. The van der Waals surface area contributed by atoms with Gasteiger partial charge in [0.1, 0.15) is 12.7 Å². The number of benzene rings is 1. The van der Waals surface area contributed by atoms with Crippen molar-refractivity contribution >= 4 is 29.5 Å². The van der Waals surface area contributed by atoms with Gasteiger partial charge in [0, 0.05) is 16.7 Å².